The highest BCUT2D eigenvalue weighted by atomic mass is 16.5. The maximum atomic E-state index is 6.03. The standard InChI is InChI=1S/C15H29NO/c1-5-9-16-15(13-7-6-8-13)14-10(2)11(3)17-12(14)4/h10-16H,5-9H2,1-4H3. The van der Waals surface area contributed by atoms with Crippen LogP contribution in [0, 0.1) is 17.8 Å². The van der Waals surface area contributed by atoms with Gasteiger partial charge in [-0.15, -0.1) is 0 Å². The van der Waals surface area contributed by atoms with E-state index < -0.39 is 0 Å². The van der Waals surface area contributed by atoms with E-state index in [-0.39, 0.29) is 0 Å². The van der Waals surface area contributed by atoms with Gasteiger partial charge in [-0.25, -0.2) is 0 Å². The third kappa shape index (κ3) is 2.68. The summed E-state index contributed by atoms with van der Waals surface area (Å²) in [6.07, 6.45) is 6.36. The van der Waals surface area contributed by atoms with Crippen LogP contribution in [0.5, 0.6) is 0 Å². The average Bonchev–Trinajstić information content (AvgIpc) is 2.46. The lowest BCUT2D eigenvalue weighted by molar-refractivity contribution is 0.0404. The molecule has 1 saturated carbocycles. The van der Waals surface area contributed by atoms with Gasteiger partial charge < -0.3 is 10.1 Å². The van der Waals surface area contributed by atoms with E-state index >= 15 is 0 Å². The summed E-state index contributed by atoms with van der Waals surface area (Å²) >= 11 is 0. The van der Waals surface area contributed by atoms with Gasteiger partial charge in [-0.1, -0.05) is 20.3 Å². The molecule has 0 spiro atoms. The van der Waals surface area contributed by atoms with E-state index in [1.54, 1.807) is 0 Å². The predicted molar refractivity (Wildman–Crippen MR) is 72.1 cm³/mol. The van der Waals surface area contributed by atoms with Gasteiger partial charge in [-0.05, 0) is 51.5 Å². The summed E-state index contributed by atoms with van der Waals surface area (Å²) in [5.41, 5.74) is 0. The molecule has 2 heteroatoms. The highest BCUT2D eigenvalue weighted by molar-refractivity contribution is 4.96. The quantitative estimate of drug-likeness (QED) is 0.795. The molecule has 1 N–H and O–H groups in total. The van der Waals surface area contributed by atoms with Gasteiger partial charge in [-0.3, -0.25) is 0 Å². The first-order chi connectivity index (χ1) is 8.15. The topological polar surface area (TPSA) is 21.3 Å². The van der Waals surface area contributed by atoms with Gasteiger partial charge in [-0.2, -0.15) is 0 Å². The molecule has 0 radical (unpaired) electrons. The number of rotatable bonds is 5. The summed E-state index contributed by atoms with van der Waals surface area (Å²) in [6, 6.07) is 0.693. The number of ether oxygens (including phenoxy) is 1. The van der Waals surface area contributed by atoms with Crippen LogP contribution in [0.25, 0.3) is 0 Å². The molecule has 1 aliphatic heterocycles. The van der Waals surface area contributed by atoms with Crippen molar-refractivity contribution >= 4 is 0 Å². The predicted octanol–water partition coefficient (Wildman–Crippen LogP) is 3.21. The lowest BCUT2D eigenvalue weighted by Crippen LogP contribution is -2.49. The van der Waals surface area contributed by atoms with Crippen LogP contribution in [0.4, 0.5) is 0 Å². The lowest BCUT2D eigenvalue weighted by atomic mass is 9.70. The number of nitrogens with one attached hydrogen (secondary N) is 1. The Morgan fingerprint density at radius 2 is 1.88 bits per heavy atom. The Kier molecular flexibility index (Phi) is 4.48. The number of hydrogen-bond donors (Lipinski definition) is 1. The molecule has 2 aliphatic rings. The van der Waals surface area contributed by atoms with Crippen LogP contribution in [0.3, 0.4) is 0 Å². The van der Waals surface area contributed by atoms with Crippen LogP contribution < -0.4 is 5.32 Å². The van der Waals surface area contributed by atoms with Crippen LogP contribution in [0.1, 0.15) is 53.4 Å². The monoisotopic (exact) mass is 239 g/mol. The fourth-order valence-electron chi connectivity index (χ4n) is 3.64. The van der Waals surface area contributed by atoms with E-state index in [0.29, 0.717) is 30.1 Å². The second kappa shape index (κ2) is 5.71. The molecule has 0 amide bonds. The molecule has 2 rings (SSSR count). The molecule has 5 unspecified atom stereocenters. The molecule has 2 nitrogen and oxygen atoms in total. The molecular weight excluding hydrogens is 210 g/mol. The van der Waals surface area contributed by atoms with E-state index in [4.69, 9.17) is 4.74 Å². The Labute approximate surface area is 107 Å². The van der Waals surface area contributed by atoms with Crippen LogP contribution in [-0.2, 0) is 4.74 Å². The third-order valence-electron chi connectivity index (χ3n) is 5.02. The Balaban J connectivity index is 2.02. The van der Waals surface area contributed by atoms with Crippen molar-refractivity contribution in [3.8, 4) is 0 Å². The van der Waals surface area contributed by atoms with E-state index in [1.807, 2.05) is 0 Å². The van der Waals surface area contributed by atoms with E-state index in [9.17, 15) is 0 Å². The maximum Gasteiger partial charge on any atom is 0.0597 e. The Morgan fingerprint density at radius 3 is 2.29 bits per heavy atom. The lowest BCUT2D eigenvalue weighted by Gasteiger charge is -2.40. The molecule has 17 heavy (non-hydrogen) atoms. The molecule has 1 saturated heterocycles. The van der Waals surface area contributed by atoms with Gasteiger partial charge in [0.1, 0.15) is 0 Å². The summed E-state index contributed by atoms with van der Waals surface area (Å²) in [7, 11) is 0. The maximum absolute atomic E-state index is 6.03. The second-order valence-electron chi connectivity index (χ2n) is 6.15. The Morgan fingerprint density at radius 1 is 1.18 bits per heavy atom. The normalized spacial score (nSPS) is 40.2. The van der Waals surface area contributed by atoms with Crippen LogP contribution >= 0.6 is 0 Å². The summed E-state index contributed by atoms with van der Waals surface area (Å²) in [4.78, 5) is 0. The molecule has 5 atom stereocenters. The first-order valence-electron chi connectivity index (χ1n) is 7.54. The van der Waals surface area contributed by atoms with Gasteiger partial charge in [0, 0.05) is 12.0 Å². The molecule has 0 bridgehead atoms. The van der Waals surface area contributed by atoms with Gasteiger partial charge in [0.25, 0.3) is 0 Å². The van der Waals surface area contributed by atoms with E-state index in [1.165, 1.54) is 25.7 Å². The summed E-state index contributed by atoms with van der Waals surface area (Å²) < 4.78 is 6.03. The van der Waals surface area contributed by atoms with E-state index in [2.05, 4.69) is 33.0 Å². The van der Waals surface area contributed by atoms with Crippen molar-refractivity contribution in [3.05, 3.63) is 0 Å². The van der Waals surface area contributed by atoms with Gasteiger partial charge in [0.05, 0.1) is 12.2 Å². The number of hydrogen-bond acceptors (Lipinski definition) is 2. The van der Waals surface area contributed by atoms with Crippen molar-refractivity contribution in [3.63, 3.8) is 0 Å². The highest BCUT2D eigenvalue weighted by Gasteiger charge is 2.44. The molecule has 0 aromatic rings. The fourth-order valence-corrected chi connectivity index (χ4v) is 3.64. The van der Waals surface area contributed by atoms with Crippen LogP contribution in [0.2, 0.25) is 0 Å². The first-order valence-corrected chi connectivity index (χ1v) is 7.54. The van der Waals surface area contributed by atoms with Crippen LogP contribution in [-0.4, -0.2) is 24.8 Å². The SMILES string of the molecule is CCCNC(C1CCC1)C1C(C)OC(C)C1C. The van der Waals surface area contributed by atoms with Gasteiger partial charge in [0.15, 0.2) is 0 Å². The van der Waals surface area contributed by atoms with E-state index in [0.717, 1.165) is 12.5 Å². The van der Waals surface area contributed by atoms with Crippen molar-refractivity contribution in [1.29, 1.82) is 0 Å². The van der Waals surface area contributed by atoms with Crippen molar-refractivity contribution in [2.45, 2.75) is 71.6 Å². The minimum absolute atomic E-state index is 0.426. The van der Waals surface area contributed by atoms with Crippen molar-refractivity contribution in [1.82, 2.24) is 5.32 Å². The third-order valence-corrected chi connectivity index (χ3v) is 5.02. The molecular formula is C15H29NO. The zero-order chi connectivity index (χ0) is 12.4. The Bertz CT molecular complexity index is 239. The largest absolute Gasteiger partial charge is 0.375 e. The van der Waals surface area contributed by atoms with Crippen molar-refractivity contribution < 1.29 is 4.74 Å². The van der Waals surface area contributed by atoms with Gasteiger partial charge >= 0.3 is 0 Å². The molecule has 1 heterocycles. The van der Waals surface area contributed by atoms with Crippen molar-refractivity contribution in [2.75, 3.05) is 6.54 Å². The molecule has 0 aromatic heterocycles. The Hall–Kier alpha value is -0.0800. The molecule has 1 aliphatic carbocycles. The fraction of sp³-hybridized carbons (Fsp3) is 1.00. The molecule has 0 aromatic carbocycles. The molecule has 2 fully saturated rings. The van der Waals surface area contributed by atoms with Crippen LogP contribution in [0.15, 0.2) is 0 Å². The van der Waals surface area contributed by atoms with Gasteiger partial charge in [0.2, 0.25) is 0 Å². The first kappa shape index (κ1) is 13.4. The smallest absolute Gasteiger partial charge is 0.0597 e. The average molecular weight is 239 g/mol. The minimum Gasteiger partial charge on any atom is -0.375 e. The minimum atomic E-state index is 0.426. The zero-order valence-corrected chi connectivity index (χ0v) is 11.9. The van der Waals surface area contributed by atoms with Crippen molar-refractivity contribution in [2.24, 2.45) is 17.8 Å². The molecule has 100 valence electrons. The second-order valence-corrected chi connectivity index (χ2v) is 6.15. The highest BCUT2D eigenvalue weighted by Crippen LogP contribution is 2.41. The summed E-state index contributed by atoms with van der Waals surface area (Å²) in [6.45, 7) is 10.3. The summed E-state index contributed by atoms with van der Waals surface area (Å²) in [5.74, 6) is 2.31. The zero-order valence-electron chi connectivity index (χ0n) is 11.9. The summed E-state index contributed by atoms with van der Waals surface area (Å²) in [5, 5.41) is 3.81.